The van der Waals surface area contributed by atoms with Crippen LogP contribution in [0.5, 0.6) is 0 Å². The number of rotatable bonds is 4. The summed E-state index contributed by atoms with van der Waals surface area (Å²) >= 11 is 0. The Morgan fingerprint density at radius 1 is 0.900 bits per heavy atom. The highest BCUT2D eigenvalue weighted by atomic mass is 19.4. The topological polar surface area (TPSA) is 35.5 Å². The minimum absolute atomic E-state index is 2.44. The van der Waals surface area contributed by atoms with Crippen LogP contribution in [-0.2, 0) is 9.47 Å². The number of hydrogen-bond acceptors (Lipinski definition) is 3. The summed E-state index contributed by atoms with van der Waals surface area (Å²) in [6, 6.07) is 0. The lowest BCUT2D eigenvalue weighted by molar-refractivity contribution is -0.311. The average Bonchev–Trinajstić information content (AvgIpc) is 2.19. The van der Waals surface area contributed by atoms with Crippen molar-refractivity contribution < 1.29 is 58.2 Å². The molecule has 0 N–H and O–H groups in total. The summed E-state index contributed by atoms with van der Waals surface area (Å²) in [7, 11) is 0. The fourth-order valence-corrected chi connectivity index (χ4v) is 0.668. The van der Waals surface area contributed by atoms with E-state index in [-0.39, 0.29) is 0 Å². The fourth-order valence-electron chi connectivity index (χ4n) is 0.668. The van der Waals surface area contributed by atoms with E-state index in [1.807, 2.05) is 0 Å². The molecule has 20 heavy (non-hydrogen) atoms. The van der Waals surface area contributed by atoms with Gasteiger partial charge in [-0.25, -0.2) is 13.6 Å². The van der Waals surface area contributed by atoms with Gasteiger partial charge in [-0.2, -0.15) is 35.1 Å². The summed E-state index contributed by atoms with van der Waals surface area (Å²) in [4.78, 5) is 10.4. The van der Waals surface area contributed by atoms with Crippen molar-refractivity contribution in [2.24, 2.45) is 0 Å². The Labute approximate surface area is 103 Å². The van der Waals surface area contributed by atoms with E-state index in [1.165, 1.54) is 0 Å². The highest BCUT2D eigenvalue weighted by Crippen LogP contribution is 2.36. The molecule has 0 aliphatic heterocycles. The van der Waals surface area contributed by atoms with Crippen LogP contribution in [0.4, 0.5) is 48.7 Å². The van der Waals surface area contributed by atoms with Crippen LogP contribution in [0.2, 0.25) is 0 Å². The van der Waals surface area contributed by atoms with Gasteiger partial charge in [0.25, 0.3) is 6.10 Å². The lowest BCUT2D eigenvalue weighted by Crippen LogP contribution is -2.46. The van der Waals surface area contributed by atoms with Gasteiger partial charge in [0.05, 0.1) is 0 Å². The van der Waals surface area contributed by atoms with Crippen LogP contribution in [0.3, 0.4) is 0 Å². The van der Waals surface area contributed by atoms with Crippen molar-refractivity contribution in [3.63, 3.8) is 0 Å². The molecule has 0 rings (SSSR count). The Morgan fingerprint density at radius 2 is 1.30 bits per heavy atom. The zero-order valence-electron chi connectivity index (χ0n) is 8.87. The maximum Gasteiger partial charge on any atom is 0.509 e. The third-order valence-electron chi connectivity index (χ3n) is 1.51. The zero-order chi connectivity index (χ0) is 16.4. The van der Waals surface area contributed by atoms with Gasteiger partial charge < -0.3 is 9.47 Å². The molecule has 0 saturated heterocycles. The Morgan fingerprint density at radius 3 is 1.60 bits per heavy atom. The molecule has 120 valence electrons. The summed E-state index contributed by atoms with van der Waals surface area (Å²) in [6.45, 7) is -2.44. The van der Waals surface area contributed by atoms with E-state index in [0.717, 1.165) is 0 Å². The molecular formula is C7H4F10O3. The smallest absolute Gasteiger partial charge is 0.428 e. The molecule has 0 aromatic carbocycles. The molecule has 13 heteroatoms. The van der Waals surface area contributed by atoms with Gasteiger partial charge in [0.15, 0.2) is 6.61 Å². The molecule has 3 nitrogen and oxygen atoms in total. The number of carbonyl (C=O) groups excluding carboxylic acids is 1. The molecule has 0 bridgehead atoms. The largest absolute Gasteiger partial charge is 0.509 e. The predicted molar refractivity (Wildman–Crippen MR) is 39.3 cm³/mol. The van der Waals surface area contributed by atoms with Gasteiger partial charge in [-0.05, 0) is 0 Å². The third-order valence-corrected chi connectivity index (χ3v) is 1.51. The summed E-state index contributed by atoms with van der Waals surface area (Å²) in [6.07, 6.45) is -23.9. The van der Waals surface area contributed by atoms with Gasteiger partial charge >= 0.3 is 30.9 Å². The maximum absolute atomic E-state index is 12.2. The maximum atomic E-state index is 12.2. The second-order valence-electron chi connectivity index (χ2n) is 3.18. The predicted octanol–water partition coefficient (Wildman–Crippen LogP) is 3.53. The summed E-state index contributed by atoms with van der Waals surface area (Å²) in [5.74, 6) is -4.94. The molecule has 0 saturated carbocycles. The minimum Gasteiger partial charge on any atom is -0.428 e. The van der Waals surface area contributed by atoms with Crippen molar-refractivity contribution in [2.75, 3.05) is 6.61 Å². The molecular weight excluding hydrogens is 322 g/mol. The van der Waals surface area contributed by atoms with Crippen LogP contribution in [0.1, 0.15) is 0 Å². The van der Waals surface area contributed by atoms with Crippen molar-refractivity contribution in [1.82, 2.24) is 0 Å². The van der Waals surface area contributed by atoms with Gasteiger partial charge in [-0.15, -0.1) is 0 Å². The molecule has 0 aromatic heterocycles. The molecule has 0 unspecified atom stereocenters. The number of alkyl halides is 10. The zero-order valence-corrected chi connectivity index (χ0v) is 8.87. The molecule has 0 fully saturated rings. The third kappa shape index (κ3) is 5.69. The van der Waals surface area contributed by atoms with E-state index in [9.17, 15) is 48.7 Å². The van der Waals surface area contributed by atoms with Crippen LogP contribution in [-0.4, -0.2) is 43.6 Å². The number of halogens is 10. The number of ether oxygens (including phenoxy) is 2. The lowest BCUT2D eigenvalue weighted by atomic mass is 10.3. The first-order chi connectivity index (χ1) is 8.68. The first-order valence-corrected chi connectivity index (χ1v) is 4.30. The van der Waals surface area contributed by atoms with Gasteiger partial charge in [0, 0.05) is 0 Å². The SMILES string of the molecule is O=C(OCC(F)(F)C(F)F)OC(C(F)(F)F)C(F)(F)F. The Balaban J connectivity index is 4.66. The first-order valence-electron chi connectivity index (χ1n) is 4.30. The highest BCUT2D eigenvalue weighted by Gasteiger charge is 2.60. The van der Waals surface area contributed by atoms with E-state index in [1.54, 1.807) is 0 Å². The average molecular weight is 326 g/mol. The van der Waals surface area contributed by atoms with Crippen molar-refractivity contribution >= 4 is 6.16 Å². The van der Waals surface area contributed by atoms with Crippen LogP contribution >= 0.6 is 0 Å². The van der Waals surface area contributed by atoms with Crippen molar-refractivity contribution in [1.29, 1.82) is 0 Å². The van der Waals surface area contributed by atoms with E-state index >= 15 is 0 Å². The second kappa shape index (κ2) is 5.91. The van der Waals surface area contributed by atoms with Crippen molar-refractivity contribution in [3.05, 3.63) is 0 Å². The Kier molecular flexibility index (Phi) is 5.49. The molecule has 0 spiro atoms. The quantitative estimate of drug-likeness (QED) is 0.586. The Hall–Kier alpha value is -1.43. The normalized spacial score (nSPS) is 13.8. The van der Waals surface area contributed by atoms with Gasteiger partial charge in [-0.3, -0.25) is 0 Å². The molecule has 0 aliphatic rings. The van der Waals surface area contributed by atoms with E-state index in [0.29, 0.717) is 0 Å². The molecule has 0 atom stereocenters. The lowest BCUT2D eigenvalue weighted by Gasteiger charge is -2.23. The number of carbonyl (C=O) groups is 1. The van der Waals surface area contributed by atoms with Crippen LogP contribution in [0, 0.1) is 0 Å². The highest BCUT2D eigenvalue weighted by molar-refractivity contribution is 5.60. The molecule has 0 amide bonds. The standard InChI is InChI=1S/C7H4F10O3/c8-3(9)5(10,11)1-19-4(18)20-2(6(12,13)14)7(15,16)17/h2-3H,1H2. The minimum atomic E-state index is -6.08. The molecule has 0 aromatic rings. The monoisotopic (exact) mass is 326 g/mol. The second-order valence-corrected chi connectivity index (χ2v) is 3.18. The summed E-state index contributed by atoms with van der Waals surface area (Å²) in [5, 5.41) is 0. The van der Waals surface area contributed by atoms with Crippen LogP contribution in [0.25, 0.3) is 0 Å². The molecule has 0 aliphatic carbocycles. The van der Waals surface area contributed by atoms with Crippen molar-refractivity contribution in [3.8, 4) is 0 Å². The van der Waals surface area contributed by atoms with E-state index in [4.69, 9.17) is 0 Å². The molecule has 0 radical (unpaired) electrons. The molecule has 0 heterocycles. The summed E-state index contributed by atoms with van der Waals surface area (Å²) < 4.78 is 125. The van der Waals surface area contributed by atoms with E-state index in [2.05, 4.69) is 9.47 Å². The van der Waals surface area contributed by atoms with E-state index < -0.39 is 43.6 Å². The fraction of sp³-hybridized carbons (Fsp3) is 0.857. The first kappa shape index (κ1) is 18.6. The van der Waals surface area contributed by atoms with Gasteiger partial charge in [-0.1, -0.05) is 0 Å². The van der Waals surface area contributed by atoms with Crippen LogP contribution < -0.4 is 0 Å². The van der Waals surface area contributed by atoms with Crippen LogP contribution in [0.15, 0.2) is 0 Å². The Bertz CT molecular complexity index is 319. The number of hydrogen-bond donors (Lipinski definition) is 0. The van der Waals surface area contributed by atoms with Gasteiger partial charge in [0.1, 0.15) is 0 Å². The summed E-state index contributed by atoms with van der Waals surface area (Å²) in [5.41, 5.74) is 0. The van der Waals surface area contributed by atoms with Gasteiger partial charge in [0.2, 0.25) is 0 Å². The van der Waals surface area contributed by atoms with Crippen molar-refractivity contribution in [2.45, 2.75) is 30.8 Å².